The molecule has 1 aromatic carbocycles. The Morgan fingerprint density at radius 3 is 2.37 bits per heavy atom. The van der Waals surface area contributed by atoms with Crippen LogP contribution >= 0.6 is 0 Å². The van der Waals surface area contributed by atoms with Gasteiger partial charge in [-0.2, -0.15) is 4.58 Å². The average Bonchev–Trinajstić information content (AvgIpc) is 2.61. The molecule has 1 heterocycles. The first kappa shape index (κ1) is 13.3. The van der Waals surface area contributed by atoms with E-state index >= 15 is 0 Å². The van der Waals surface area contributed by atoms with E-state index in [0.29, 0.717) is 0 Å². The molecule has 0 saturated heterocycles. The maximum absolute atomic E-state index is 3.75. The zero-order valence-electron chi connectivity index (χ0n) is 11.9. The van der Waals surface area contributed by atoms with Crippen molar-refractivity contribution in [2.24, 2.45) is 0 Å². The summed E-state index contributed by atoms with van der Waals surface area (Å²) in [5.74, 6) is 0. The Bertz CT molecular complexity index is 567. The number of para-hydroxylation sites is 1. The van der Waals surface area contributed by atoms with Crippen LogP contribution in [0.2, 0.25) is 0 Å². The molecule has 1 aromatic rings. The molecule has 0 spiro atoms. The zero-order valence-corrected chi connectivity index (χ0v) is 11.9. The van der Waals surface area contributed by atoms with Gasteiger partial charge in [0.1, 0.15) is 0 Å². The van der Waals surface area contributed by atoms with E-state index in [0.717, 1.165) is 0 Å². The van der Waals surface area contributed by atoms with Crippen LogP contribution in [0.5, 0.6) is 0 Å². The molecule has 98 valence electrons. The molecule has 2 nitrogen and oxygen atoms in total. The molecule has 1 aliphatic heterocycles. The summed E-state index contributed by atoms with van der Waals surface area (Å²) in [4.78, 5) is 2.25. The van der Waals surface area contributed by atoms with Gasteiger partial charge in [0.2, 0.25) is 0 Å². The smallest absolute Gasteiger partial charge is 0.176 e. The Labute approximate surface area is 115 Å². The van der Waals surface area contributed by atoms with Gasteiger partial charge in [0.15, 0.2) is 18.6 Å². The highest BCUT2D eigenvalue weighted by Gasteiger charge is 2.37. The molecule has 0 bridgehead atoms. The number of fused-ring (bicyclic) bond motifs is 1. The van der Waals surface area contributed by atoms with Crippen LogP contribution in [0.4, 0.5) is 5.69 Å². The van der Waals surface area contributed by atoms with Crippen LogP contribution in [0, 0.1) is 0 Å². The van der Waals surface area contributed by atoms with Gasteiger partial charge in [0.25, 0.3) is 0 Å². The monoisotopic (exact) mass is 253 g/mol. The van der Waals surface area contributed by atoms with Crippen LogP contribution in [0.15, 0.2) is 61.6 Å². The average molecular weight is 253 g/mol. The molecule has 0 aliphatic carbocycles. The lowest BCUT2D eigenvalue weighted by atomic mass is 9.84. The SMILES string of the molecule is C=C[N+](C=C)=CC=C1N(C)c2ccccc2C1(C)C. The second-order valence-electron chi connectivity index (χ2n) is 5.21. The largest absolute Gasteiger partial charge is 0.347 e. The van der Waals surface area contributed by atoms with Crippen LogP contribution in [0.1, 0.15) is 19.4 Å². The summed E-state index contributed by atoms with van der Waals surface area (Å²) < 4.78 is 1.85. The number of hydrogen-bond acceptors (Lipinski definition) is 1. The van der Waals surface area contributed by atoms with E-state index < -0.39 is 0 Å². The number of benzene rings is 1. The van der Waals surface area contributed by atoms with Gasteiger partial charge >= 0.3 is 0 Å². The Balaban J connectivity index is 2.51. The number of hydrogen-bond donors (Lipinski definition) is 0. The first-order valence-electron chi connectivity index (χ1n) is 6.43. The van der Waals surface area contributed by atoms with Crippen molar-refractivity contribution in [2.45, 2.75) is 19.3 Å². The molecule has 0 fully saturated rings. The first-order chi connectivity index (χ1) is 9.02. The summed E-state index contributed by atoms with van der Waals surface area (Å²) in [5, 5.41) is 0. The van der Waals surface area contributed by atoms with Crippen molar-refractivity contribution >= 4 is 11.9 Å². The molecular weight excluding hydrogens is 232 g/mol. The second kappa shape index (κ2) is 4.88. The lowest BCUT2D eigenvalue weighted by Gasteiger charge is -2.23. The first-order valence-corrected chi connectivity index (χ1v) is 6.43. The molecule has 0 saturated carbocycles. The second-order valence-corrected chi connectivity index (χ2v) is 5.21. The van der Waals surface area contributed by atoms with Gasteiger partial charge in [0, 0.05) is 29.9 Å². The molecule has 2 heteroatoms. The van der Waals surface area contributed by atoms with Crippen LogP contribution in [0.3, 0.4) is 0 Å². The van der Waals surface area contributed by atoms with Crippen LogP contribution in [-0.2, 0) is 5.41 Å². The van der Waals surface area contributed by atoms with Crippen molar-refractivity contribution < 1.29 is 4.58 Å². The number of anilines is 1. The quantitative estimate of drug-likeness (QED) is 0.588. The summed E-state index contributed by atoms with van der Waals surface area (Å²) in [5.41, 5.74) is 3.91. The predicted molar refractivity (Wildman–Crippen MR) is 82.7 cm³/mol. The van der Waals surface area contributed by atoms with E-state index in [-0.39, 0.29) is 5.41 Å². The van der Waals surface area contributed by atoms with Gasteiger partial charge in [-0.3, -0.25) is 0 Å². The predicted octanol–water partition coefficient (Wildman–Crippen LogP) is 3.67. The fourth-order valence-corrected chi connectivity index (χ4v) is 2.65. The van der Waals surface area contributed by atoms with Crippen molar-refractivity contribution in [3.8, 4) is 0 Å². The molecule has 2 rings (SSSR count). The zero-order chi connectivity index (χ0) is 14.0. The fraction of sp³-hybridized carbons (Fsp3) is 0.235. The minimum Gasteiger partial charge on any atom is -0.347 e. The highest BCUT2D eigenvalue weighted by atomic mass is 15.2. The summed E-state index contributed by atoms with van der Waals surface area (Å²) in [6, 6.07) is 8.54. The van der Waals surface area contributed by atoms with E-state index in [1.165, 1.54) is 16.9 Å². The summed E-state index contributed by atoms with van der Waals surface area (Å²) >= 11 is 0. The number of allylic oxidation sites excluding steroid dienone is 2. The lowest BCUT2D eigenvalue weighted by Crippen LogP contribution is -2.23. The third kappa shape index (κ3) is 2.14. The Kier molecular flexibility index (Phi) is 3.43. The van der Waals surface area contributed by atoms with E-state index in [1.807, 2.05) is 10.8 Å². The van der Waals surface area contributed by atoms with Gasteiger partial charge in [-0.1, -0.05) is 32.0 Å². The molecule has 0 radical (unpaired) electrons. The van der Waals surface area contributed by atoms with Crippen molar-refractivity contribution in [1.82, 2.24) is 0 Å². The Morgan fingerprint density at radius 2 is 1.79 bits per heavy atom. The van der Waals surface area contributed by atoms with Gasteiger partial charge in [0.05, 0.1) is 0 Å². The van der Waals surface area contributed by atoms with Gasteiger partial charge < -0.3 is 4.90 Å². The van der Waals surface area contributed by atoms with E-state index in [9.17, 15) is 0 Å². The molecule has 0 atom stereocenters. The van der Waals surface area contributed by atoms with E-state index in [1.54, 1.807) is 12.4 Å². The highest BCUT2D eigenvalue weighted by molar-refractivity contribution is 5.77. The van der Waals surface area contributed by atoms with Crippen LogP contribution in [0.25, 0.3) is 0 Å². The summed E-state index contributed by atoms with van der Waals surface area (Å²) in [6.07, 6.45) is 7.58. The fourth-order valence-electron chi connectivity index (χ4n) is 2.65. The third-order valence-corrected chi connectivity index (χ3v) is 3.77. The molecule has 0 N–H and O–H groups in total. The van der Waals surface area contributed by atoms with Crippen molar-refractivity contribution in [2.75, 3.05) is 11.9 Å². The maximum atomic E-state index is 3.75. The third-order valence-electron chi connectivity index (χ3n) is 3.77. The minimum absolute atomic E-state index is 0.00978. The Morgan fingerprint density at radius 1 is 1.16 bits per heavy atom. The van der Waals surface area contributed by atoms with Crippen LogP contribution in [-0.4, -0.2) is 17.8 Å². The Hall–Kier alpha value is -2.09. The van der Waals surface area contributed by atoms with E-state index in [4.69, 9.17) is 0 Å². The topological polar surface area (TPSA) is 6.25 Å². The molecule has 0 amide bonds. The van der Waals surface area contributed by atoms with Crippen molar-refractivity contribution in [3.63, 3.8) is 0 Å². The maximum Gasteiger partial charge on any atom is 0.176 e. The number of likely N-dealkylation sites (N-methyl/N-ethyl adjacent to an activating group) is 1. The highest BCUT2D eigenvalue weighted by Crippen LogP contribution is 2.46. The van der Waals surface area contributed by atoms with E-state index in [2.05, 4.69) is 69.3 Å². The minimum atomic E-state index is 0.00978. The summed E-state index contributed by atoms with van der Waals surface area (Å²) in [6.45, 7) is 12.0. The normalized spacial score (nSPS) is 18.1. The molecule has 0 aromatic heterocycles. The van der Waals surface area contributed by atoms with Crippen LogP contribution < -0.4 is 4.90 Å². The summed E-state index contributed by atoms with van der Waals surface area (Å²) in [7, 11) is 2.11. The lowest BCUT2D eigenvalue weighted by molar-refractivity contribution is -0.370. The van der Waals surface area contributed by atoms with Crippen molar-refractivity contribution in [1.29, 1.82) is 0 Å². The molecule has 19 heavy (non-hydrogen) atoms. The number of nitrogens with zero attached hydrogens (tertiary/aromatic N) is 2. The van der Waals surface area contributed by atoms with Crippen molar-refractivity contribution in [3.05, 3.63) is 67.2 Å². The molecular formula is C17H21N2+. The standard InChI is InChI=1S/C17H21N2/c1-6-19(7-2)13-12-16-17(3,4)14-10-8-9-11-15(14)18(16)5/h6-13H,1-2H2,3-5H3/q+1. The van der Waals surface area contributed by atoms with Gasteiger partial charge in [-0.25, -0.2) is 0 Å². The van der Waals surface area contributed by atoms with Gasteiger partial charge in [-0.15, -0.1) is 0 Å². The molecule has 0 unspecified atom stereocenters. The van der Waals surface area contributed by atoms with Gasteiger partial charge in [-0.05, 0) is 24.8 Å². The number of rotatable bonds is 3. The molecule has 1 aliphatic rings.